The fourth-order valence-corrected chi connectivity index (χ4v) is 4.87. The zero-order chi connectivity index (χ0) is 20.8. The van der Waals surface area contributed by atoms with Crippen molar-refractivity contribution < 1.29 is 13.2 Å². The maximum absolute atomic E-state index is 12.0. The molecule has 0 amide bonds. The lowest BCUT2D eigenvalue weighted by molar-refractivity contribution is -0.133. The van der Waals surface area contributed by atoms with Crippen LogP contribution in [0.3, 0.4) is 0 Å². The Morgan fingerprint density at radius 1 is 1.29 bits per heavy atom. The van der Waals surface area contributed by atoms with Crippen molar-refractivity contribution in [2.24, 2.45) is 10.4 Å². The van der Waals surface area contributed by atoms with Crippen molar-refractivity contribution in [3.8, 4) is 0 Å². The highest BCUT2D eigenvalue weighted by atomic mass is 32.2. The van der Waals surface area contributed by atoms with Gasteiger partial charge < -0.3 is 15.4 Å². The smallest absolute Gasteiger partial charge is 0.240 e. The molecule has 1 fully saturated rings. The largest absolute Gasteiger partial charge is 0.378 e. The monoisotopic (exact) mass is 410 g/mol. The second-order valence-corrected chi connectivity index (χ2v) is 8.98. The standard InChI is InChI=1S/C20H34N4O3S/c1-6-20(7-2)17(13-18(20)27-8-3)24-19(21-4)23-14-15-10-9-11-16(12-15)28(25,26)22-5/h9-12,17-18,22H,6-8,13-14H2,1-5H3,(H2,21,23,24). The van der Waals surface area contributed by atoms with E-state index in [4.69, 9.17) is 4.74 Å². The van der Waals surface area contributed by atoms with Crippen LogP contribution in [0.2, 0.25) is 0 Å². The SMILES string of the molecule is CCOC1CC(NC(=NC)NCc2cccc(S(=O)(=O)NC)c2)C1(CC)CC. The fraction of sp³-hybridized carbons (Fsp3) is 0.650. The number of hydrogen-bond acceptors (Lipinski definition) is 4. The van der Waals surface area contributed by atoms with E-state index < -0.39 is 10.0 Å². The molecule has 28 heavy (non-hydrogen) atoms. The predicted molar refractivity (Wildman–Crippen MR) is 113 cm³/mol. The molecule has 1 aromatic carbocycles. The van der Waals surface area contributed by atoms with Gasteiger partial charge in [-0.15, -0.1) is 0 Å². The minimum atomic E-state index is -3.45. The van der Waals surface area contributed by atoms with Gasteiger partial charge in [-0.1, -0.05) is 26.0 Å². The molecule has 1 aromatic rings. The van der Waals surface area contributed by atoms with Crippen molar-refractivity contribution in [2.75, 3.05) is 20.7 Å². The fourth-order valence-electron chi connectivity index (χ4n) is 4.07. The molecule has 0 spiro atoms. The lowest BCUT2D eigenvalue weighted by atomic mass is 9.58. The van der Waals surface area contributed by atoms with Crippen LogP contribution in [0.5, 0.6) is 0 Å². The van der Waals surface area contributed by atoms with Crippen LogP contribution in [0.4, 0.5) is 0 Å². The van der Waals surface area contributed by atoms with Gasteiger partial charge in [0.15, 0.2) is 5.96 Å². The van der Waals surface area contributed by atoms with Gasteiger partial charge in [-0.05, 0) is 50.9 Å². The van der Waals surface area contributed by atoms with Gasteiger partial charge in [-0.25, -0.2) is 13.1 Å². The van der Waals surface area contributed by atoms with Crippen molar-refractivity contribution in [3.63, 3.8) is 0 Å². The number of nitrogens with zero attached hydrogens (tertiary/aromatic N) is 1. The Hall–Kier alpha value is -1.64. The van der Waals surface area contributed by atoms with Gasteiger partial charge in [0.2, 0.25) is 10.0 Å². The molecule has 2 unspecified atom stereocenters. The Balaban J connectivity index is 2.02. The number of hydrogen-bond donors (Lipinski definition) is 3. The van der Waals surface area contributed by atoms with E-state index in [1.807, 2.05) is 13.0 Å². The number of benzene rings is 1. The van der Waals surface area contributed by atoms with Gasteiger partial charge >= 0.3 is 0 Å². The number of guanidine groups is 1. The zero-order valence-electron chi connectivity index (χ0n) is 17.6. The second kappa shape index (κ2) is 9.71. The van der Waals surface area contributed by atoms with E-state index in [1.54, 1.807) is 25.2 Å². The van der Waals surface area contributed by atoms with Crippen molar-refractivity contribution >= 4 is 16.0 Å². The summed E-state index contributed by atoms with van der Waals surface area (Å²) in [6.45, 7) is 7.69. The summed E-state index contributed by atoms with van der Waals surface area (Å²) in [4.78, 5) is 4.60. The molecule has 2 atom stereocenters. The number of aliphatic imine (C=N–C) groups is 1. The van der Waals surface area contributed by atoms with Gasteiger partial charge in [-0.3, -0.25) is 4.99 Å². The minimum absolute atomic E-state index is 0.119. The maximum atomic E-state index is 12.0. The third kappa shape index (κ3) is 4.67. The summed E-state index contributed by atoms with van der Waals surface area (Å²) in [6.07, 6.45) is 3.34. The number of rotatable bonds is 9. The van der Waals surface area contributed by atoms with E-state index in [2.05, 4.69) is 34.2 Å². The van der Waals surface area contributed by atoms with Crippen LogP contribution in [-0.2, 0) is 21.3 Å². The zero-order valence-corrected chi connectivity index (χ0v) is 18.4. The van der Waals surface area contributed by atoms with Crippen LogP contribution in [0.1, 0.15) is 45.6 Å². The molecule has 1 aliphatic rings. The van der Waals surface area contributed by atoms with Crippen molar-refractivity contribution in [1.29, 1.82) is 0 Å². The van der Waals surface area contributed by atoms with Crippen LogP contribution < -0.4 is 15.4 Å². The quantitative estimate of drug-likeness (QED) is 0.429. The summed E-state index contributed by atoms with van der Waals surface area (Å²) < 4.78 is 32.2. The van der Waals surface area contributed by atoms with Crippen LogP contribution in [0.25, 0.3) is 0 Å². The van der Waals surface area contributed by atoms with Crippen molar-refractivity contribution in [2.45, 2.75) is 63.6 Å². The first-order chi connectivity index (χ1) is 13.4. The van der Waals surface area contributed by atoms with Crippen LogP contribution >= 0.6 is 0 Å². The molecule has 0 aromatic heterocycles. The molecule has 0 radical (unpaired) electrons. The summed E-state index contributed by atoms with van der Waals surface area (Å²) in [7, 11) is -0.294. The Bertz CT molecular complexity index is 775. The molecule has 3 N–H and O–H groups in total. The molecule has 7 nitrogen and oxygen atoms in total. The molecule has 0 heterocycles. The molecule has 1 aliphatic carbocycles. The molecule has 0 bridgehead atoms. The Kier molecular flexibility index (Phi) is 7.86. The Morgan fingerprint density at radius 2 is 2.00 bits per heavy atom. The van der Waals surface area contributed by atoms with Crippen LogP contribution in [-0.4, -0.2) is 47.2 Å². The molecule has 1 saturated carbocycles. The van der Waals surface area contributed by atoms with Gasteiger partial charge in [0.1, 0.15) is 0 Å². The summed E-state index contributed by atoms with van der Waals surface area (Å²) >= 11 is 0. The van der Waals surface area contributed by atoms with Crippen molar-refractivity contribution in [3.05, 3.63) is 29.8 Å². The Labute approximate surface area is 169 Å². The summed E-state index contributed by atoms with van der Waals surface area (Å²) in [5.41, 5.74) is 0.992. The van der Waals surface area contributed by atoms with E-state index in [1.165, 1.54) is 7.05 Å². The van der Waals surface area contributed by atoms with Gasteiger partial charge in [0.25, 0.3) is 0 Å². The molecular formula is C20H34N4O3S. The van der Waals surface area contributed by atoms with Crippen molar-refractivity contribution in [1.82, 2.24) is 15.4 Å². The molecule has 158 valence electrons. The van der Waals surface area contributed by atoms with Gasteiger partial charge in [-0.2, -0.15) is 0 Å². The van der Waals surface area contributed by atoms with Crippen LogP contribution in [0.15, 0.2) is 34.2 Å². The lowest BCUT2D eigenvalue weighted by Crippen LogP contribution is -2.65. The average molecular weight is 411 g/mol. The lowest BCUT2D eigenvalue weighted by Gasteiger charge is -2.55. The maximum Gasteiger partial charge on any atom is 0.240 e. The normalized spacial score (nSPS) is 21.8. The first kappa shape index (κ1) is 22.6. The van der Waals surface area contributed by atoms with E-state index in [9.17, 15) is 8.42 Å². The first-order valence-electron chi connectivity index (χ1n) is 9.98. The molecule has 8 heteroatoms. The van der Waals surface area contributed by atoms with Crippen LogP contribution in [0, 0.1) is 5.41 Å². The third-order valence-corrected chi connectivity index (χ3v) is 7.35. The van der Waals surface area contributed by atoms with Gasteiger partial charge in [0, 0.05) is 31.7 Å². The van der Waals surface area contributed by atoms with E-state index in [0.29, 0.717) is 18.5 Å². The topological polar surface area (TPSA) is 91.8 Å². The summed E-state index contributed by atoms with van der Waals surface area (Å²) in [5.74, 6) is 0.716. The molecular weight excluding hydrogens is 376 g/mol. The summed E-state index contributed by atoms with van der Waals surface area (Å²) in [6, 6.07) is 7.20. The average Bonchev–Trinajstić information content (AvgIpc) is 2.70. The molecule has 0 aliphatic heterocycles. The van der Waals surface area contributed by atoms with E-state index in [-0.39, 0.29) is 16.4 Å². The molecule has 2 rings (SSSR count). The van der Waals surface area contributed by atoms with Gasteiger partial charge in [0.05, 0.1) is 11.0 Å². The molecule has 0 saturated heterocycles. The number of nitrogens with one attached hydrogen (secondary N) is 3. The Morgan fingerprint density at radius 3 is 2.57 bits per heavy atom. The number of ether oxygens (including phenoxy) is 1. The summed E-state index contributed by atoms with van der Waals surface area (Å²) in [5, 5.41) is 6.84. The highest BCUT2D eigenvalue weighted by molar-refractivity contribution is 7.89. The van der Waals surface area contributed by atoms with E-state index in [0.717, 1.165) is 31.4 Å². The third-order valence-electron chi connectivity index (χ3n) is 5.94. The van der Waals surface area contributed by atoms with E-state index >= 15 is 0 Å². The second-order valence-electron chi connectivity index (χ2n) is 7.10. The highest BCUT2D eigenvalue weighted by Gasteiger charge is 2.53. The minimum Gasteiger partial charge on any atom is -0.378 e. The first-order valence-corrected chi connectivity index (χ1v) is 11.5. The number of sulfonamides is 1. The predicted octanol–water partition coefficient (Wildman–Crippen LogP) is 2.24. The highest BCUT2D eigenvalue weighted by Crippen LogP contribution is 2.48.